The van der Waals surface area contributed by atoms with Crippen molar-refractivity contribution in [2.75, 3.05) is 18.1 Å². The lowest BCUT2D eigenvalue weighted by Gasteiger charge is -2.26. The minimum Gasteiger partial charge on any atom is -0.275 e. The number of halogens is 1. The highest BCUT2D eigenvalue weighted by Crippen LogP contribution is 2.06. The molecule has 0 aromatic carbocycles. The Morgan fingerprint density at radius 3 is 2.62 bits per heavy atom. The van der Waals surface area contributed by atoms with E-state index in [0.29, 0.717) is 10.7 Å². The number of hydrogen-bond donors (Lipinski definition) is 1. The molecular formula is C8H11FN2O4S. The molecular weight excluding hydrogens is 239 g/mol. The van der Waals surface area contributed by atoms with Crippen LogP contribution in [0.15, 0.2) is 0 Å². The van der Waals surface area contributed by atoms with Crippen LogP contribution in [0.1, 0.15) is 6.92 Å². The first-order chi connectivity index (χ1) is 7.47. The zero-order valence-electron chi connectivity index (χ0n) is 8.57. The number of imide groups is 2. The van der Waals surface area contributed by atoms with Crippen molar-refractivity contribution in [3.05, 3.63) is 0 Å². The lowest BCUT2D eigenvalue weighted by Crippen LogP contribution is -2.59. The normalized spacial score (nSPS) is 23.2. The van der Waals surface area contributed by atoms with E-state index in [1.807, 2.05) is 0 Å². The second-order valence-corrected chi connectivity index (χ2v) is 4.94. The third-order valence-corrected chi connectivity index (χ3v) is 3.33. The van der Waals surface area contributed by atoms with Crippen molar-refractivity contribution in [1.82, 2.24) is 10.2 Å². The molecule has 0 aromatic heterocycles. The lowest BCUT2D eigenvalue weighted by molar-refractivity contribution is -0.143. The number of urea groups is 1. The predicted octanol–water partition coefficient (Wildman–Crippen LogP) is -0.829. The fraction of sp³-hybridized carbons (Fsp3) is 0.625. The van der Waals surface area contributed by atoms with Crippen LogP contribution in [-0.2, 0) is 20.4 Å². The number of hydrogen-bond acceptors (Lipinski definition) is 4. The third kappa shape index (κ3) is 2.63. The molecule has 90 valence electrons. The van der Waals surface area contributed by atoms with Gasteiger partial charge < -0.3 is 0 Å². The fourth-order valence-electron chi connectivity index (χ4n) is 1.13. The minimum absolute atomic E-state index is 0.0799. The topological polar surface area (TPSA) is 83.6 Å². The first-order valence-corrected chi connectivity index (χ1v) is 6.11. The number of nitrogens with one attached hydrogen (secondary N) is 1. The molecule has 1 saturated heterocycles. The predicted molar refractivity (Wildman–Crippen MR) is 53.7 cm³/mol. The average Bonchev–Trinajstić information content (AvgIpc) is 2.25. The summed E-state index contributed by atoms with van der Waals surface area (Å²) < 4.78 is 24.1. The van der Waals surface area contributed by atoms with Crippen LogP contribution in [0.4, 0.5) is 9.18 Å². The Bertz CT molecular complexity index is 360. The first-order valence-electron chi connectivity index (χ1n) is 4.62. The molecule has 1 aliphatic heterocycles. The summed E-state index contributed by atoms with van der Waals surface area (Å²) in [6, 6.07) is -0.961. The Morgan fingerprint density at radius 1 is 1.44 bits per heavy atom. The second kappa shape index (κ2) is 5.15. The zero-order valence-corrected chi connectivity index (χ0v) is 9.38. The third-order valence-electron chi connectivity index (χ3n) is 2.05. The number of alkyl halides is 1. The molecule has 0 saturated carbocycles. The van der Waals surface area contributed by atoms with Gasteiger partial charge >= 0.3 is 6.03 Å². The van der Waals surface area contributed by atoms with Gasteiger partial charge in [-0.25, -0.2) is 9.18 Å². The lowest BCUT2D eigenvalue weighted by atomic mass is 10.2. The number of rotatable bonds is 4. The van der Waals surface area contributed by atoms with Crippen LogP contribution in [0.5, 0.6) is 0 Å². The highest BCUT2D eigenvalue weighted by atomic mass is 32.2. The molecule has 0 bridgehead atoms. The molecule has 1 aliphatic rings. The van der Waals surface area contributed by atoms with Crippen LogP contribution in [0, 0.1) is 0 Å². The maximum Gasteiger partial charge on any atom is 0.330 e. The molecule has 8 heteroatoms. The molecule has 0 radical (unpaired) electrons. The molecule has 1 heterocycles. The molecule has 6 nitrogen and oxygen atoms in total. The highest BCUT2D eigenvalue weighted by molar-refractivity contribution is 7.84. The maximum atomic E-state index is 13.0. The van der Waals surface area contributed by atoms with Crippen molar-refractivity contribution < 1.29 is 23.0 Å². The molecule has 2 atom stereocenters. The van der Waals surface area contributed by atoms with E-state index >= 15 is 0 Å². The second-order valence-electron chi connectivity index (χ2n) is 3.08. The Morgan fingerprint density at radius 2 is 2.06 bits per heavy atom. The first kappa shape index (κ1) is 12.8. The van der Waals surface area contributed by atoms with Crippen LogP contribution in [0.2, 0.25) is 0 Å². The summed E-state index contributed by atoms with van der Waals surface area (Å²) in [7, 11) is -1.16. The van der Waals surface area contributed by atoms with Gasteiger partial charge in [-0.05, 0) is 0 Å². The van der Waals surface area contributed by atoms with Crippen LogP contribution in [-0.4, -0.2) is 51.2 Å². The molecule has 1 N–H and O–H groups in total. The molecule has 4 amide bonds. The van der Waals surface area contributed by atoms with E-state index < -0.39 is 34.8 Å². The summed E-state index contributed by atoms with van der Waals surface area (Å²) in [5.41, 5.74) is 0. The van der Waals surface area contributed by atoms with Crippen molar-refractivity contribution in [2.24, 2.45) is 0 Å². The Balaban J connectivity index is 2.65. The van der Waals surface area contributed by atoms with Gasteiger partial charge in [0.1, 0.15) is 0 Å². The standard InChI is InChI=1S/C8H11FN2O4S/c1-2-16(15)4-3-11-7(13)5(9)6(12)10-8(11)14/h5H,2-4H2,1H3,(H,10,12,14). The van der Waals surface area contributed by atoms with Crippen LogP contribution < -0.4 is 5.32 Å². The van der Waals surface area contributed by atoms with Gasteiger partial charge in [0.15, 0.2) is 0 Å². The largest absolute Gasteiger partial charge is 0.330 e. The molecule has 16 heavy (non-hydrogen) atoms. The SMILES string of the molecule is CCS(=O)CCN1C(=O)NC(=O)C(F)C1=O. The van der Waals surface area contributed by atoms with Crippen molar-refractivity contribution in [2.45, 2.75) is 13.1 Å². The monoisotopic (exact) mass is 250 g/mol. The van der Waals surface area contributed by atoms with Gasteiger partial charge in [-0.1, -0.05) is 6.92 Å². The van der Waals surface area contributed by atoms with E-state index in [2.05, 4.69) is 0 Å². The van der Waals surface area contributed by atoms with E-state index in [1.165, 1.54) is 0 Å². The number of amides is 4. The fourth-order valence-corrected chi connectivity index (χ4v) is 1.81. The van der Waals surface area contributed by atoms with Crippen LogP contribution >= 0.6 is 0 Å². The summed E-state index contributed by atoms with van der Waals surface area (Å²) >= 11 is 0. The summed E-state index contributed by atoms with van der Waals surface area (Å²) in [6.07, 6.45) is -2.35. The molecule has 1 rings (SSSR count). The zero-order chi connectivity index (χ0) is 12.3. The number of barbiturate groups is 1. The van der Waals surface area contributed by atoms with E-state index in [0.717, 1.165) is 0 Å². The highest BCUT2D eigenvalue weighted by Gasteiger charge is 2.40. The number of carbonyl (C=O) groups excluding carboxylic acids is 3. The Labute approximate surface area is 93.6 Å². The van der Waals surface area contributed by atoms with Crippen LogP contribution in [0.25, 0.3) is 0 Å². The van der Waals surface area contributed by atoms with Crippen molar-refractivity contribution in [1.29, 1.82) is 0 Å². The van der Waals surface area contributed by atoms with Gasteiger partial charge in [-0.15, -0.1) is 0 Å². The van der Waals surface area contributed by atoms with Crippen LogP contribution in [0.3, 0.4) is 0 Å². The van der Waals surface area contributed by atoms with Gasteiger partial charge in [0, 0.05) is 28.9 Å². The molecule has 1 fully saturated rings. The van der Waals surface area contributed by atoms with Crippen molar-refractivity contribution in [3.63, 3.8) is 0 Å². The van der Waals surface area contributed by atoms with E-state index in [4.69, 9.17) is 0 Å². The number of carbonyl (C=O) groups is 3. The summed E-state index contributed by atoms with van der Waals surface area (Å²) in [5.74, 6) is -1.97. The molecule has 0 aliphatic carbocycles. The minimum atomic E-state index is -2.35. The van der Waals surface area contributed by atoms with Crippen molar-refractivity contribution >= 4 is 28.6 Å². The quantitative estimate of drug-likeness (QED) is 0.660. The summed E-state index contributed by atoms with van der Waals surface area (Å²) in [5, 5.41) is 1.70. The maximum absolute atomic E-state index is 13.0. The summed E-state index contributed by atoms with van der Waals surface area (Å²) in [6.45, 7) is 1.54. The van der Waals surface area contributed by atoms with E-state index in [-0.39, 0.29) is 12.3 Å². The smallest absolute Gasteiger partial charge is 0.275 e. The van der Waals surface area contributed by atoms with Crippen molar-refractivity contribution in [3.8, 4) is 0 Å². The molecule has 2 unspecified atom stereocenters. The van der Waals surface area contributed by atoms with E-state index in [1.54, 1.807) is 12.2 Å². The van der Waals surface area contributed by atoms with Gasteiger partial charge in [-0.3, -0.25) is 24.0 Å². The van der Waals surface area contributed by atoms with E-state index in [9.17, 15) is 23.0 Å². The van der Waals surface area contributed by atoms with Gasteiger partial charge in [-0.2, -0.15) is 0 Å². The Hall–Kier alpha value is -1.31. The molecule has 0 spiro atoms. The number of nitrogens with zero attached hydrogens (tertiary/aromatic N) is 1. The summed E-state index contributed by atoms with van der Waals surface area (Å²) in [4.78, 5) is 33.7. The average molecular weight is 250 g/mol. The van der Waals surface area contributed by atoms with Gasteiger partial charge in [0.25, 0.3) is 18.0 Å². The van der Waals surface area contributed by atoms with Gasteiger partial charge in [0.2, 0.25) is 0 Å². The molecule has 0 aromatic rings. The van der Waals surface area contributed by atoms with Gasteiger partial charge in [0.05, 0.1) is 0 Å². The Kier molecular flexibility index (Phi) is 4.11.